The average molecular weight is 329 g/mol. The molecule has 8 heteroatoms. The van der Waals surface area contributed by atoms with Crippen LogP contribution in [0, 0.1) is 5.82 Å². The van der Waals surface area contributed by atoms with Crippen molar-refractivity contribution in [3.05, 3.63) is 59.4 Å². The monoisotopic (exact) mass is 328 g/mol. The first kappa shape index (κ1) is 13.8. The number of hydrogen-bond donors (Lipinski definition) is 1. The highest BCUT2D eigenvalue weighted by molar-refractivity contribution is 6.28. The quantitative estimate of drug-likeness (QED) is 0.627. The van der Waals surface area contributed by atoms with Gasteiger partial charge in [-0.15, -0.1) is 5.10 Å². The van der Waals surface area contributed by atoms with Gasteiger partial charge in [0.05, 0.1) is 18.3 Å². The number of aromatic nitrogens is 6. The van der Waals surface area contributed by atoms with Gasteiger partial charge in [-0.05, 0) is 23.7 Å². The zero-order chi connectivity index (χ0) is 15.8. The van der Waals surface area contributed by atoms with Gasteiger partial charge in [0.15, 0.2) is 5.82 Å². The molecule has 0 amide bonds. The minimum Gasteiger partial charge on any atom is -0.262 e. The van der Waals surface area contributed by atoms with Crippen LogP contribution in [-0.4, -0.2) is 29.9 Å². The summed E-state index contributed by atoms with van der Waals surface area (Å²) in [6, 6.07) is 8.43. The Morgan fingerprint density at radius 2 is 2.09 bits per heavy atom. The zero-order valence-electron chi connectivity index (χ0n) is 11.7. The van der Waals surface area contributed by atoms with Gasteiger partial charge in [-0.2, -0.15) is 10.1 Å². The molecule has 114 valence electrons. The summed E-state index contributed by atoms with van der Waals surface area (Å²) >= 11 is 5.77. The molecule has 3 aromatic heterocycles. The highest BCUT2D eigenvalue weighted by Crippen LogP contribution is 2.26. The van der Waals surface area contributed by atoms with E-state index in [9.17, 15) is 4.39 Å². The van der Waals surface area contributed by atoms with Crippen molar-refractivity contribution in [3.63, 3.8) is 0 Å². The van der Waals surface area contributed by atoms with Crippen LogP contribution in [-0.2, 0) is 6.54 Å². The fourth-order valence-electron chi connectivity index (χ4n) is 2.45. The first-order chi connectivity index (χ1) is 11.2. The molecule has 0 radical (unpaired) electrons. The van der Waals surface area contributed by atoms with Crippen molar-refractivity contribution in [1.29, 1.82) is 0 Å². The van der Waals surface area contributed by atoms with Gasteiger partial charge in [0, 0.05) is 17.1 Å². The third-order valence-corrected chi connectivity index (χ3v) is 3.68. The van der Waals surface area contributed by atoms with Crippen LogP contribution in [0.5, 0.6) is 0 Å². The van der Waals surface area contributed by atoms with Crippen molar-refractivity contribution < 1.29 is 4.39 Å². The summed E-state index contributed by atoms with van der Waals surface area (Å²) in [5.41, 5.74) is 1.92. The van der Waals surface area contributed by atoms with Crippen LogP contribution in [0.15, 0.2) is 42.7 Å². The number of fused-ring (bicyclic) bond motifs is 1. The number of H-pyrrole nitrogens is 1. The number of halogens is 2. The summed E-state index contributed by atoms with van der Waals surface area (Å²) in [5, 5.41) is 12.0. The van der Waals surface area contributed by atoms with E-state index in [-0.39, 0.29) is 17.6 Å². The van der Waals surface area contributed by atoms with Crippen molar-refractivity contribution in [2.75, 3.05) is 0 Å². The van der Waals surface area contributed by atoms with Crippen LogP contribution < -0.4 is 0 Å². The Morgan fingerprint density at radius 1 is 1.22 bits per heavy atom. The van der Waals surface area contributed by atoms with E-state index in [1.165, 1.54) is 6.07 Å². The molecule has 0 saturated carbocycles. The second-order valence-electron chi connectivity index (χ2n) is 4.94. The molecule has 0 bridgehead atoms. The highest BCUT2D eigenvalue weighted by atomic mass is 35.5. The maximum absolute atomic E-state index is 13.9. The Balaban J connectivity index is 1.86. The second-order valence-corrected chi connectivity index (χ2v) is 5.28. The Morgan fingerprint density at radius 3 is 2.87 bits per heavy atom. The van der Waals surface area contributed by atoms with E-state index >= 15 is 0 Å². The summed E-state index contributed by atoms with van der Waals surface area (Å²) in [6.45, 7) is 0.288. The molecule has 0 aliphatic rings. The van der Waals surface area contributed by atoms with E-state index < -0.39 is 0 Å². The summed E-state index contributed by atoms with van der Waals surface area (Å²) in [7, 11) is 0. The lowest BCUT2D eigenvalue weighted by molar-refractivity contribution is 0.590. The van der Waals surface area contributed by atoms with Gasteiger partial charge in [0.2, 0.25) is 5.28 Å². The van der Waals surface area contributed by atoms with E-state index in [4.69, 9.17) is 11.6 Å². The number of pyridine rings is 1. The minimum atomic E-state index is -0.274. The summed E-state index contributed by atoms with van der Waals surface area (Å²) < 4.78 is 15.6. The van der Waals surface area contributed by atoms with Crippen molar-refractivity contribution in [2.45, 2.75) is 6.54 Å². The lowest BCUT2D eigenvalue weighted by Gasteiger charge is -2.04. The number of nitrogens with one attached hydrogen (secondary N) is 1. The maximum Gasteiger partial charge on any atom is 0.242 e. The summed E-state index contributed by atoms with van der Waals surface area (Å²) in [5.74, 6) is 0.183. The number of aromatic amines is 1. The molecule has 4 aromatic rings. The van der Waals surface area contributed by atoms with E-state index in [0.29, 0.717) is 17.1 Å². The van der Waals surface area contributed by atoms with Crippen molar-refractivity contribution in [3.8, 4) is 11.5 Å². The third-order valence-electron chi connectivity index (χ3n) is 3.51. The fraction of sp³-hybridized carbons (Fsp3) is 0.0667. The molecule has 0 aliphatic heterocycles. The predicted octanol–water partition coefficient (Wildman–Crippen LogP) is 3.06. The molecule has 1 N–H and O–H groups in total. The smallest absolute Gasteiger partial charge is 0.242 e. The normalized spacial score (nSPS) is 11.2. The molecular formula is C15H10ClFN6. The Labute approximate surface area is 135 Å². The molecule has 6 nitrogen and oxygen atoms in total. The zero-order valence-corrected chi connectivity index (χ0v) is 12.5. The van der Waals surface area contributed by atoms with Gasteiger partial charge in [0.1, 0.15) is 11.5 Å². The number of hydrogen-bond acceptors (Lipinski definition) is 4. The maximum atomic E-state index is 13.9. The largest absolute Gasteiger partial charge is 0.262 e. The predicted molar refractivity (Wildman–Crippen MR) is 83.4 cm³/mol. The minimum absolute atomic E-state index is 0.117. The van der Waals surface area contributed by atoms with Crippen LogP contribution in [0.4, 0.5) is 4.39 Å². The number of benzene rings is 1. The van der Waals surface area contributed by atoms with Gasteiger partial charge >= 0.3 is 0 Å². The van der Waals surface area contributed by atoms with Gasteiger partial charge in [0.25, 0.3) is 0 Å². The van der Waals surface area contributed by atoms with Crippen molar-refractivity contribution in [1.82, 2.24) is 29.9 Å². The number of nitrogens with zero attached hydrogens (tertiary/aromatic N) is 5. The SMILES string of the molecule is Fc1ccccc1Cn1nc(-c2nc(Cl)n[nH]2)c2ccncc21. The summed E-state index contributed by atoms with van der Waals surface area (Å²) in [4.78, 5) is 8.22. The van der Waals surface area contributed by atoms with Crippen LogP contribution in [0.3, 0.4) is 0 Å². The van der Waals surface area contributed by atoms with Crippen LogP contribution >= 0.6 is 11.6 Å². The van der Waals surface area contributed by atoms with E-state index in [1.807, 2.05) is 6.07 Å². The average Bonchev–Trinajstić information content (AvgIpc) is 3.14. The lowest BCUT2D eigenvalue weighted by Crippen LogP contribution is -2.04. The number of rotatable bonds is 3. The van der Waals surface area contributed by atoms with E-state index in [1.54, 1.807) is 35.3 Å². The molecule has 0 aliphatic carbocycles. The molecule has 0 saturated heterocycles. The Kier molecular flexibility index (Phi) is 3.27. The first-order valence-electron chi connectivity index (χ1n) is 6.84. The Bertz CT molecular complexity index is 992. The van der Waals surface area contributed by atoms with Crippen molar-refractivity contribution >= 4 is 22.5 Å². The molecule has 1 aromatic carbocycles. The van der Waals surface area contributed by atoms with Crippen LogP contribution in [0.2, 0.25) is 5.28 Å². The van der Waals surface area contributed by atoms with Gasteiger partial charge in [-0.3, -0.25) is 14.8 Å². The third kappa shape index (κ3) is 2.44. The molecular weight excluding hydrogens is 319 g/mol. The molecule has 3 heterocycles. The molecule has 23 heavy (non-hydrogen) atoms. The second kappa shape index (κ2) is 5.44. The standard InChI is InChI=1S/C15H10ClFN6/c16-15-19-14(20-21-15)13-10-5-6-18-7-12(10)23(22-13)8-9-3-1-2-4-11(9)17/h1-7H,8H2,(H,19,20,21). The molecule has 0 unspecified atom stereocenters. The fourth-order valence-corrected chi connectivity index (χ4v) is 2.58. The molecule has 4 rings (SSSR count). The van der Waals surface area contributed by atoms with Gasteiger partial charge in [-0.1, -0.05) is 18.2 Å². The topological polar surface area (TPSA) is 72.3 Å². The van der Waals surface area contributed by atoms with Crippen molar-refractivity contribution in [2.24, 2.45) is 0 Å². The molecule has 0 spiro atoms. The molecule has 0 atom stereocenters. The highest BCUT2D eigenvalue weighted by Gasteiger charge is 2.16. The van der Waals surface area contributed by atoms with Gasteiger partial charge < -0.3 is 0 Å². The van der Waals surface area contributed by atoms with Gasteiger partial charge in [-0.25, -0.2) is 4.39 Å². The summed E-state index contributed by atoms with van der Waals surface area (Å²) in [6.07, 6.45) is 3.35. The van der Waals surface area contributed by atoms with Crippen LogP contribution in [0.1, 0.15) is 5.56 Å². The lowest BCUT2D eigenvalue weighted by atomic mass is 10.2. The van der Waals surface area contributed by atoms with E-state index in [2.05, 4.69) is 25.3 Å². The molecule has 0 fully saturated rings. The van der Waals surface area contributed by atoms with Crippen LogP contribution in [0.25, 0.3) is 22.4 Å². The van der Waals surface area contributed by atoms with E-state index in [0.717, 1.165) is 10.9 Å². The Hall–Kier alpha value is -2.80. The first-order valence-corrected chi connectivity index (χ1v) is 7.22.